The monoisotopic (exact) mass is 332 g/mol. The lowest BCUT2D eigenvalue weighted by molar-refractivity contribution is -0.0499. The van der Waals surface area contributed by atoms with Crippen molar-refractivity contribution in [3.8, 4) is 11.8 Å². The van der Waals surface area contributed by atoms with Crippen molar-refractivity contribution in [3.63, 3.8) is 0 Å². The highest BCUT2D eigenvalue weighted by Gasteiger charge is 2.49. The summed E-state index contributed by atoms with van der Waals surface area (Å²) >= 11 is 0. The third-order valence-electron chi connectivity index (χ3n) is 2.84. The van der Waals surface area contributed by atoms with Crippen LogP contribution in [0.5, 0.6) is 5.75 Å². The summed E-state index contributed by atoms with van der Waals surface area (Å²) < 4.78 is 64.8. The Kier molecular flexibility index (Phi) is 3.62. The SMILES string of the molecule is Cn1c(=O)c(C#N)c(OS(=O)(=O)C(F)(F)F)c2ccccc21. The largest absolute Gasteiger partial charge is 0.534 e. The van der Waals surface area contributed by atoms with Gasteiger partial charge in [0.25, 0.3) is 5.56 Å². The summed E-state index contributed by atoms with van der Waals surface area (Å²) in [5, 5.41) is 8.86. The molecule has 0 aliphatic heterocycles. The van der Waals surface area contributed by atoms with Crippen molar-refractivity contribution in [2.24, 2.45) is 7.05 Å². The lowest BCUT2D eigenvalue weighted by atomic mass is 10.1. The molecule has 10 heteroatoms. The molecule has 0 radical (unpaired) electrons. The van der Waals surface area contributed by atoms with Gasteiger partial charge in [-0.3, -0.25) is 4.79 Å². The van der Waals surface area contributed by atoms with Gasteiger partial charge in [-0.15, -0.1) is 0 Å². The van der Waals surface area contributed by atoms with Crippen molar-refractivity contribution in [1.82, 2.24) is 4.57 Å². The number of rotatable bonds is 2. The molecular weight excluding hydrogens is 325 g/mol. The highest BCUT2D eigenvalue weighted by Crippen LogP contribution is 2.32. The van der Waals surface area contributed by atoms with E-state index < -0.39 is 32.5 Å². The molecule has 0 aliphatic rings. The number of aryl methyl sites for hydroxylation is 1. The second-order valence-electron chi connectivity index (χ2n) is 4.18. The lowest BCUT2D eigenvalue weighted by Crippen LogP contribution is -2.30. The normalized spacial score (nSPS) is 12.1. The third-order valence-corrected chi connectivity index (χ3v) is 3.80. The number of benzene rings is 1. The summed E-state index contributed by atoms with van der Waals surface area (Å²) in [4.78, 5) is 12.0. The van der Waals surface area contributed by atoms with Crippen LogP contribution in [-0.2, 0) is 17.2 Å². The van der Waals surface area contributed by atoms with E-state index in [1.165, 1.54) is 37.4 Å². The van der Waals surface area contributed by atoms with Gasteiger partial charge in [0.15, 0.2) is 11.3 Å². The molecule has 0 spiro atoms. The molecule has 116 valence electrons. The smallest absolute Gasteiger partial charge is 0.374 e. The molecular formula is C12H7F3N2O4S. The van der Waals surface area contributed by atoms with Crippen LogP contribution >= 0.6 is 0 Å². The molecule has 6 nitrogen and oxygen atoms in total. The van der Waals surface area contributed by atoms with Crippen molar-refractivity contribution >= 4 is 21.0 Å². The van der Waals surface area contributed by atoms with E-state index in [9.17, 15) is 26.4 Å². The van der Waals surface area contributed by atoms with Gasteiger partial charge in [0.05, 0.1) is 5.52 Å². The van der Waals surface area contributed by atoms with Crippen molar-refractivity contribution in [2.45, 2.75) is 5.51 Å². The summed E-state index contributed by atoms with van der Waals surface area (Å²) in [7, 11) is -4.70. The highest BCUT2D eigenvalue weighted by molar-refractivity contribution is 7.88. The minimum atomic E-state index is -6.00. The average Bonchev–Trinajstić information content (AvgIpc) is 2.43. The number of fused-ring (bicyclic) bond motifs is 1. The van der Waals surface area contributed by atoms with E-state index in [-0.39, 0.29) is 10.9 Å². The van der Waals surface area contributed by atoms with Gasteiger partial charge in [-0.2, -0.15) is 26.9 Å². The summed E-state index contributed by atoms with van der Waals surface area (Å²) in [5.41, 5.74) is -7.34. The van der Waals surface area contributed by atoms with E-state index in [0.717, 1.165) is 4.57 Å². The van der Waals surface area contributed by atoms with Gasteiger partial charge in [0.1, 0.15) is 6.07 Å². The molecule has 0 atom stereocenters. The molecule has 22 heavy (non-hydrogen) atoms. The van der Waals surface area contributed by atoms with Gasteiger partial charge in [-0.1, -0.05) is 12.1 Å². The quantitative estimate of drug-likeness (QED) is 0.616. The zero-order chi connectivity index (χ0) is 16.7. The molecule has 2 aromatic rings. The van der Waals surface area contributed by atoms with Crippen LogP contribution in [0.3, 0.4) is 0 Å². The number of aromatic nitrogens is 1. The molecule has 0 bridgehead atoms. The summed E-state index contributed by atoms with van der Waals surface area (Å²) in [5.74, 6) is -0.932. The molecule has 0 fully saturated rings. The Bertz CT molecular complexity index is 955. The first kappa shape index (κ1) is 15.8. The molecule has 1 heterocycles. The molecule has 0 amide bonds. The number of para-hydroxylation sites is 1. The van der Waals surface area contributed by atoms with Crippen molar-refractivity contribution in [3.05, 3.63) is 40.2 Å². The lowest BCUT2D eigenvalue weighted by Gasteiger charge is -2.14. The van der Waals surface area contributed by atoms with Gasteiger partial charge >= 0.3 is 15.6 Å². The molecule has 0 saturated carbocycles. The molecule has 0 saturated heterocycles. The van der Waals surface area contributed by atoms with Gasteiger partial charge in [0.2, 0.25) is 0 Å². The van der Waals surface area contributed by atoms with E-state index in [1.807, 2.05) is 0 Å². The maximum absolute atomic E-state index is 12.5. The fourth-order valence-electron chi connectivity index (χ4n) is 1.81. The predicted molar refractivity (Wildman–Crippen MR) is 69.5 cm³/mol. The Morgan fingerprint density at radius 1 is 1.27 bits per heavy atom. The second kappa shape index (κ2) is 5.03. The molecule has 0 N–H and O–H groups in total. The summed E-state index contributed by atoms with van der Waals surface area (Å²) in [6, 6.07) is 6.91. The standard InChI is InChI=1S/C12H7F3N2O4S/c1-17-9-5-3-2-4-7(9)10(8(6-16)11(17)18)21-22(19,20)12(13,14)15/h2-5H,1H3. The molecule has 0 unspecified atom stereocenters. The summed E-state index contributed by atoms with van der Waals surface area (Å²) in [6.07, 6.45) is 0. The number of pyridine rings is 1. The fourth-order valence-corrected chi connectivity index (χ4v) is 2.30. The van der Waals surface area contributed by atoms with Crippen LogP contribution in [0.15, 0.2) is 29.1 Å². The number of hydrogen-bond acceptors (Lipinski definition) is 5. The van der Waals surface area contributed by atoms with E-state index in [1.54, 1.807) is 0 Å². The van der Waals surface area contributed by atoms with E-state index in [4.69, 9.17) is 5.26 Å². The number of alkyl halides is 3. The zero-order valence-corrected chi connectivity index (χ0v) is 11.7. The number of nitrogens with zero attached hydrogens (tertiary/aromatic N) is 2. The van der Waals surface area contributed by atoms with Crippen LogP contribution in [-0.4, -0.2) is 18.5 Å². The second-order valence-corrected chi connectivity index (χ2v) is 5.72. The molecule has 1 aromatic heterocycles. The topological polar surface area (TPSA) is 89.2 Å². The average molecular weight is 332 g/mol. The Balaban J connectivity index is 2.88. The van der Waals surface area contributed by atoms with Crippen LogP contribution in [0, 0.1) is 11.3 Å². The summed E-state index contributed by atoms with van der Waals surface area (Å²) in [6.45, 7) is 0. The van der Waals surface area contributed by atoms with Gasteiger partial charge in [0, 0.05) is 12.4 Å². The third kappa shape index (κ3) is 2.39. The van der Waals surface area contributed by atoms with Gasteiger partial charge in [-0.05, 0) is 12.1 Å². The Hall–Kier alpha value is -2.54. The first-order valence-corrected chi connectivity index (χ1v) is 7.03. The van der Waals surface area contributed by atoms with Crippen molar-refractivity contribution in [1.29, 1.82) is 5.26 Å². The predicted octanol–water partition coefficient (Wildman–Crippen LogP) is 1.64. The Morgan fingerprint density at radius 2 is 1.86 bits per heavy atom. The number of halogens is 3. The van der Waals surface area contributed by atoms with Gasteiger partial charge in [-0.25, -0.2) is 0 Å². The Labute approximate surface area is 122 Å². The zero-order valence-electron chi connectivity index (χ0n) is 10.9. The highest BCUT2D eigenvalue weighted by atomic mass is 32.2. The maximum Gasteiger partial charge on any atom is 0.534 e. The van der Waals surface area contributed by atoms with E-state index in [0.29, 0.717) is 0 Å². The fraction of sp³-hybridized carbons (Fsp3) is 0.167. The first-order valence-electron chi connectivity index (χ1n) is 5.62. The first-order chi connectivity index (χ1) is 10.1. The van der Waals surface area contributed by atoms with Crippen LogP contribution in [0.4, 0.5) is 13.2 Å². The minimum absolute atomic E-state index is 0.103. The minimum Gasteiger partial charge on any atom is -0.374 e. The van der Waals surface area contributed by atoms with E-state index >= 15 is 0 Å². The number of nitriles is 1. The van der Waals surface area contributed by atoms with Crippen molar-refractivity contribution < 1.29 is 25.8 Å². The van der Waals surface area contributed by atoms with Gasteiger partial charge < -0.3 is 8.75 Å². The van der Waals surface area contributed by atoms with Crippen LogP contribution in [0.2, 0.25) is 0 Å². The van der Waals surface area contributed by atoms with E-state index in [2.05, 4.69) is 4.18 Å². The van der Waals surface area contributed by atoms with Crippen LogP contribution < -0.4 is 9.74 Å². The van der Waals surface area contributed by atoms with Crippen LogP contribution in [0.1, 0.15) is 5.56 Å². The van der Waals surface area contributed by atoms with Crippen LogP contribution in [0.25, 0.3) is 10.9 Å². The Morgan fingerprint density at radius 3 is 2.41 bits per heavy atom. The maximum atomic E-state index is 12.5. The molecule has 1 aromatic carbocycles. The molecule has 2 rings (SSSR count). The van der Waals surface area contributed by atoms with Crippen molar-refractivity contribution in [2.75, 3.05) is 0 Å². The molecule has 0 aliphatic carbocycles. The number of hydrogen-bond donors (Lipinski definition) is 0.